The fourth-order valence-corrected chi connectivity index (χ4v) is 5.34. The lowest BCUT2D eigenvalue weighted by molar-refractivity contribution is -0.139. The largest absolute Gasteiger partial charge is 0.357 e. The number of aromatic nitrogens is 1. The van der Waals surface area contributed by atoms with Crippen LogP contribution in [0.15, 0.2) is 42.5 Å². The number of nitrogens with zero attached hydrogens (tertiary/aromatic N) is 1. The van der Waals surface area contributed by atoms with Crippen LogP contribution in [0.1, 0.15) is 55.1 Å². The molecule has 162 valence electrons. The Morgan fingerprint density at radius 2 is 1.77 bits per heavy atom. The zero-order valence-electron chi connectivity index (χ0n) is 17.4. The van der Waals surface area contributed by atoms with Crippen molar-refractivity contribution < 1.29 is 17.6 Å². The zero-order valence-corrected chi connectivity index (χ0v) is 17.4. The van der Waals surface area contributed by atoms with E-state index in [1.165, 1.54) is 12.1 Å². The monoisotopic (exact) mass is 428 g/mol. The first-order chi connectivity index (χ1) is 14.8. The van der Waals surface area contributed by atoms with E-state index in [4.69, 9.17) is 0 Å². The summed E-state index contributed by atoms with van der Waals surface area (Å²) < 4.78 is 58.2. The van der Waals surface area contributed by atoms with Crippen LogP contribution in [-0.4, -0.2) is 27.9 Å². The average molecular weight is 428 g/mol. The Kier molecular flexibility index (Phi) is 4.74. The molecule has 0 spiro atoms. The van der Waals surface area contributed by atoms with Gasteiger partial charge in [0.1, 0.15) is 11.6 Å². The fourth-order valence-electron chi connectivity index (χ4n) is 5.34. The maximum absolute atomic E-state index is 15.3. The van der Waals surface area contributed by atoms with Crippen molar-refractivity contribution in [1.29, 1.82) is 0 Å². The molecule has 1 saturated carbocycles. The molecule has 0 amide bonds. The molecule has 1 aliphatic heterocycles. The van der Waals surface area contributed by atoms with Gasteiger partial charge in [-0.05, 0) is 49.6 Å². The number of nitrogens with one attached hydrogen (secondary N) is 1. The van der Waals surface area contributed by atoms with Gasteiger partial charge in [-0.3, -0.25) is 4.90 Å². The molecule has 2 heterocycles. The van der Waals surface area contributed by atoms with E-state index in [1.54, 1.807) is 19.1 Å². The van der Waals surface area contributed by atoms with Crippen LogP contribution in [-0.2, 0) is 6.42 Å². The molecule has 1 N–H and O–H groups in total. The predicted octanol–water partition coefficient (Wildman–Crippen LogP) is 6.61. The van der Waals surface area contributed by atoms with Crippen LogP contribution >= 0.6 is 0 Å². The zero-order chi connectivity index (χ0) is 21.9. The van der Waals surface area contributed by atoms with Gasteiger partial charge in [0, 0.05) is 47.1 Å². The van der Waals surface area contributed by atoms with Crippen LogP contribution in [0.5, 0.6) is 0 Å². The van der Waals surface area contributed by atoms with Gasteiger partial charge in [-0.2, -0.15) is 0 Å². The number of H-pyrrole nitrogens is 1. The van der Waals surface area contributed by atoms with Gasteiger partial charge in [-0.15, -0.1) is 0 Å². The first-order valence-corrected chi connectivity index (χ1v) is 10.7. The van der Waals surface area contributed by atoms with E-state index in [0.717, 1.165) is 16.5 Å². The van der Waals surface area contributed by atoms with Crippen molar-refractivity contribution in [3.8, 4) is 0 Å². The number of hydrogen-bond acceptors (Lipinski definition) is 1. The summed E-state index contributed by atoms with van der Waals surface area (Å²) in [5.41, 5.74) is 2.95. The highest BCUT2D eigenvalue weighted by atomic mass is 19.3. The molecule has 2 aliphatic rings. The van der Waals surface area contributed by atoms with Gasteiger partial charge < -0.3 is 4.98 Å². The van der Waals surface area contributed by atoms with E-state index < -0.39 is 29.6 Å². The Labute approximate surface area is 178 Å². The van der Waals surface area contributed by atoms with Crippen LogP contribution in [0.3, 0.4) is 0 Å². The van der Waals surface area contributed by atoms with Crippen LogP contribution in [0, 0.1) is 11.6 Å². The molecule has 1 aliphatic carbocycles. The summed E-state index contributed by atoms with van der Waals surface area (Å²) in [5, 5.41) is 1.01. The molecular formula is C25H24F4N2. The summed E-state index contributed by atoms with van der Waals surface area (Å²) >= 11 is 0. The standard InChI is InChI=1S/C25H24F4N2/c1-3-6-15-10-19(26)22(20(27)11-15)24-23-18(17-7-4-5-8-21(17)30-23)9-14(2)31(24)16-12-25(28,29)13-16/h3-8,10-11,14,16,24,30H,9,12-13H2,1-2H3/b6-3+/t14-,24-/m1/s1. The lowest BCUT2D eigenvalue weighted by atomic mass is 9.80. The highest BCUT2D eigenvalue weighted by Crippen LogP contribution is 2.49. The molecule has 31 heavy (non-hydrogen) atoms. The smallest absolute Gasteiger partial charge is 0.251 e. The van der Waals surface area contributed by atoms with E-state index in [1.807, 2.05) is 36.1 Å². The number of alkyl halides is 2. The van der Waals surface area contributed by atoms with Crippen LogP contribution in [0.4, 0.5) is 17.6 Å². The number of hydrogen-bond donors (Lipinski definition) is 1. The van der Waals surface area contributed by atoms with Crippen molar-refractivity contribution in [2.75, 3.05) is 0 Å². The van der Waals surface area contributed by atoms with Crippen molar-refractivity contribution in [2.24, 2.45) is 0 Å². The normalized spacial score (nSPS) is 23.9. The molecule has 1 fully saturated rings. The molecule has 6 heteroatoms. The number of fused-ring (bicyclic) bond motifs is 3. The van der Waals surface area contributed by atoms with Gasteiger partial charge in [0.15, 0.2) is 0 Å². The quantitative estimate of drug-likeness (QED) is 0.465. The lowest BCUT2D eigenvalue weighted by Gasteiger charge is -2.51. The van der Waals surface area contributed by atoms with Gasteiger partial charge in [-0.25, -0.2) is 17.6 Å². The number of para-hydroxylation sites is 1. The fraction of sp³-hybridized carbons (Fsp3) is 0.360. The minimum Gasteiger partial charge on any atom is -0.357 e. The highest BCUT2D eigenvalue weighted by Gasteiger charge is 2.52. The van der Waals surface area contributed by atoms with Crippen molar-refractivity contribution in [3.63, 3.8) is 0 Å². The first-order valence-electron chi connectivity index (χ1n) is 10.7. The molecule has 2 aromatic carbocycles. The van der Waals surface area contributed by atoms with Crippen LogP contribution in [0.25, 0.3) is 17.0 Å². The van der Waals surface area contributed by atoms with Gasteiger partial charge in [0.2, 0.25) is 0 Å². The number of halogens is 4. The second kappa shape index (κ2) is 7.23. The van der Waals surface area contributed by atoms with E-state index in [-0.39, 0.29) is 24.4 Å². The number of aromatic amines is 1. The number of rotatable bonds is 3. The van der Waals surface area contributed by atoms with Gasteiger partial charge in [0.25, 0.3) is 5.92 Å². The molecule has 0 radical (unpaired) electrons. The van der Waals surface area contributed by atoms with Gasteiger partial charge in [0.05, 0.1) is 6.04 Å². The summed E-state index contributed by atoms with van der Waals surface area (Å²) in [4.78, 5) is 5.25. The molecule has 2 nitrogen and oxygen atoms in total. The maximum Gasteiger partial charge on any atom is 0.251 e. The molecule has 0 bridgehead atoms. The number of benzene rings is 2. The molecule has 0 saturated heterocycles. The Balaban J connectivity index is 1.71. The summed E-state index contributed by atoms with van der Waals surface area (Å²) in [5.74, 6) is -4.04. The maximum atomic E-state index is 15.3. The highest BCUT2D eigenvalue weighted by molar-refractivity contribution is 5.85. The molecule has 0 unspecified atom stereocenters. The lowest BCUT2D eigenvalue weighted by Crippen LogP contribution is -2.57. The Bertz CT molecular complexity index is 1150. The predicted molar refractivity (Wildman–Crippen MR) is 114 cm³/mol. The molecular weight excluding hydrogens is 404 g/mol. The van der Waals surface area contributed by atoms with Crippen molar-refractivity contribution in [1.82, 2.24) is 9.88 Å². The Hall–Kier alpha value is -2.60. The van der Waals surface area contributed by atoms with E-state index in [2.05, 4.69) is 4.98 Å². The summed E-state index contributed by atoms with van der Waals surface area (Å²) in [6.45, 7) is 3.74. The third kappa shape index (κ3) is 3.28. The van der Waals surface area contributed by atoms with Crippen LogP contribution in [0.2, 0.25) is 0 Å². The van der Waals surface area contributed by atoms with Gasteiger partial charge in [-0.1, -0.05) is 30.4 Å². The topological polar surface area (TPSA) is 19.0 Å². The van der Waals surface area contributed by atoms with Crippen molar-refractivity contribution >= 4 is 17.0 Å². The average Bonchev–Trinajstić information content (AvgIpc) is 3.04. The molecule has 1 aromatic heterocycles. The minimum absolute atomic E-state index is 0.0807. The third-order valence-electron chi connectivity index (χ3n) is 6.65. The van der Waals surface area contributed by atoms with E-state index >= 15 is 8.78 Å². The van der Waals surface area contributed by atoms with Gasteiger partial charge >= 0.3 is 0 Å². The van der Waals surface area contributed by atoms with E-state index in [9.17, 15) is 8.78 Å². The Morgan fingerprint density at radius 3 is 2.42 bits per heavy atom. The van der Waals surface area contributed by atoms with Crippen molar-refractivity contribution in [2.45, 2.75) is 57.2 Å². The number of allylic oxidation sites excluding steroid dienone is 1. The third-order valence-corrected chi connectivity index (χ3v) is 6.65. The Morgan fingerprint density at radius 1 is 1.10 bits per heavy atom. The first kappa shape index (κ1) is 20.3. The minimum atomic E-state index is -2.72. The molecule has 2 atom stereocenters. The second-order valence-corrected chi connectivity index (χ2v) is 8.78. The summed E-state index contributed by atoms with van der Waals surface area (Å²) in [6.07, 6.45) is 3.41. The summed E-state index contributed by atoms with van der Waals surface area (Å²) in [6, 6.07) is 9.04. The van der Waals surface area contributed by atoms with E-state index in [0.29, 0.717) is 17.7 Å². The molecule has 3 aromatic rings. The molecule has 5 rings (SSSR count). The summed E-state index contributed by atoms with van der Waals surface area (Å²) in [7, 11) is 0. The second-order valence-electron chi connectivity index (χ2n) is 8.78. The van der Waals surface area contributed by atoms with Crippen molar-refractivity contribution in [3.05, 3.63) is 76.5 Å². The van der Waals surface area contributed by atoms with Crippen LogP contribution < -0.4 is 0 Å². The SMILES string of the molecule is C/C=C/c1cc(F)c([C@@H]2c3[nH]c4ccccc4c3C[C@@H](C)N2C2CC(F)(F)C2)c(F)c1.